The molecule has 0 bridgehead atoms. The maximum Gasteiger partial charge on any atom is 0.334 e. The standard InChI is InChI=1S/C10H11ClN2O2/c11-8-3-1-7(2-4-8)6-15-10(14)5-9(12)13/h1-5H,6,12-13H2. The highest BCUT2D eigenvalue weighted by molar-refractivity contribution is 6.30. The highest BCUT2D eigenvalue weighted by atomic mass is 35.5. The molecule has 4 nitrogen and oxygen atoms in total. The fourth-order valence-corrected chi connectivity index (χ4v) is 1.04. The molecule has 1 aromatic carbocycles. The SMILES string of the molecule is NC(N)=CC(=O)OCc1ccc(Cl)cc1. The van der Waals surface area contributed by atoms with Crippen molar-refractivity contribution in [1.29, 1.82) is 0 Å². The van der Waals surface area contributed by atoms with Gasteiger partial charge in [-0.1, -0.05) is 23.7 Å². The topological polar surface area (TPSA) is 78.3 Å². The summed E-state index contributed by atoms with van der Waals surface area (Å²) in [7, 11) is 0. The van der Waals surface area contributed by atoms with Crippen LogP contribution in [0.25, 0.3) is 0 Å². The predicted molar refractivity (Wildman–Crippen MR) is 57.7 cm³/mol. The van der Waals surface area contributed by atoms with Crippen LogP contribution >= 0.6 is 11.6 Å². The highest BCUT2D eigenvalue weighted by Gasteiger charge is 1.99. The molecule has 0 aliphatic carbocycles. The molecule has 4 N–H and O–H groups in total. The van der Waals surface area contributed by atoms with E-state index in [-0.39, 0.29) is 12.4 Å². The van der Waals surface area contributed by atoms with E-state index in [0.29, 0.717) is 5.02 Å². The van der Waals surface area contributed by atoms with E-state index >= 15 is 0 Å². The first kappa shape index (κ1) is 11.4. The summed E-state index contributed by atoms with van der Waals surface area (Å²) in [5.74, 6) is -0.638. The van der Waals surface area contributed by atoms with Gasteiger partial charge in [0, 0.05) is 5.02 Å². The lowest BCUT2D eigenvalue weighted by Gasteiger charge is -2.02. The Labute approximate surface area is 92.5 Å². The Balaban J connectivity index is 2.47. The van der Waals surface area contributed by atoms with Crippen LogP contribution in [0.5, 0.6) is 0 Å². The quantitative estimate of drug-likeness (QED) is 0.599. The van der Waals surface area contributed by atoms with E-state index in [1.54, 1.807) is 24.3 Å². The highest BCUT2D eigenvalue weighted by Crippen LogP contribution is 2.10. The van der Waals surface area contributed by atoms with Gasteiger partial charge in [0.25, 0.3) is 0 Å². The fourth-order valence-electron chi connectivity index (χ4n) is 0.913. The fraction of sp³-hybridized carbons (Fsp3) is 0.100. The van der Waals surface area contributed by atoms with Crippen LogP contribution in [0.4, 0.5) is 0 Å². The largest absolute Gasteiger partial charge is 0.458 e. The Kier molecular flexibility index (Phi) is 4.00. The smallest absolute Gasteiger partial charge is 0.334 e. The van der Waals surface area contributed by atoms with Gasteiger partial charge in [0.05, 0.1) is 6.08 Å². The first-order valence-electron chi connectivity index (χ1n) is 4.22. The van der Waals surface area contributed by atoms with Gasteiger partial charge in [-0.3, -0.25) is 0 Å². The third-order valence-corrected chi connectivity index (χ3v) is 1.83. The van der Waals surface area contributed by atoms with E-state index in [2.05, 4.69) is 0 Å². The van der Waals surface area contributed by atoms with Crippen LogP contribution in [-0.4, -0.2) is 5.97 Å². The van der Waals surface area contributed by atoms with E-state index < -0.39 is 5.97 Å². The average Bonchev–Trinajstić information content (AvgIpc) is 2.16. The molecule has 80 valence electrons. The van der Waals surface area contributed by atoms with Gasteiger partial charge in [-0.2, -0.15) is 0 Å². The number of nitrogens with two attached hydrogens (primary N) is 2. The Morgan fingerprint density at radius 2 is 1.93 bits per heavy atom. The second-order valence-corrected chi connectivity index (χ2v) is 3.31. The Morgan fingerprint density at radius 3 is 2.47 bits per heavy atom. The number of hydrogen-bond donors (Lipinski definition) is 2. The first-order valence-corrected chi connectivity index (χ1v) is 4.59. The summed E-state index contributed by atoms with van der Waals surface area (Å²) in [6.45, 7) is 0.166. The zero-order valence-corrected chi connectivity index (χ0v) is 8.70. The summed E-state index contributed by atoms with van der Waals surface area (Å²) in [5.41, 5.74) is 11.0. The Hall–Kier alpha value is -1.68. The van der Waals surface area contributed by atoms with Crippen LogP contribution in [0.2, 0.25) is 5.02 Å². The molecule has 0 radical (unpaired) electrons. The first-order chi connectivity index (χ1) is 7.08. The summed E-state index contributed by atoms with van der Waals surface area (Å²) in [6, 6.07) is 6.98. The number of hydrogen-bond acceptors (Lipinski definition) is 4. The van der Waals surface area contributed by atoms with Crippen molar-refractivity contribution < 1.29 is 9.53 Å². The summed E-state index contributed by atoms with van der Waals surface area (Å²) in [5, 5.41) is 0.635. The molecule has 0 atom stereocenters. The van der Waals surface area contributed by atoms with E-state index in [0.717, 1.165) is 11.6 Å². The summed E-state index contributed by atoms with van der Waals surface area (Å²) in [4.78, 5) is 11.0. The molecule has 0 aliphatic rings. The summed E-state index contributed by atoms with van der Waals surface area (Å²) < 4.78 is 4.86. The molecular formula is C10H11ClN2O2. The molecule has 15 heavy (non-hydrogen) atoms. The minimum absolute atomic E-state index is 0.0730. The zero-order valence-electron chi connectivity index (χ0n) is 7.94. The molecule has 0 aliphatic heterocycles. The van der Waals surface area contributed by atoms with Crippen LogP contribution < -0.4 is 11.5 Å². The van der Waals surface area contributed by atoms with Crippen LogP contribution in [0, 0.1) is 0 Å². The third kappa shape index (κ3) is 4.37. The van der Waals surface area contributed by atoms with Gasteiger partial charge in [0.1, 0.15) is 12.4 Å². The van der Waals surface area contributed by atoms with Gasteiger partial charge in [-0.05, 0) is 17.7 Å². The van der Waals surface area contributed by atoms with Gasteiger partial charge in [-0.25, -0.2) is 4.79 Å². The number of carbonyl (C=O) groups excluding carboxylic acids is 1. The molecule has 1 rings (SSSR count). The molecule has 5 heteroatoms. The lowest BCUT2D eigenvalue weighted by molar-refractivity contribution is -0.139. The van der Waals surface area contributed by atoms with E-state index in [9.17, 15) is 4.79 Å². The van der Waals surface area contributed by atoms with Crippen LogP contribution in [-0.2, 0) is 16.1 Å². The van der Waals surface area contributed by atoms with Crippen molar-refractivity contribution in [3.05, 3.63) is 46.7 Å². The van der Waals surface area contributed by atoms with Crippen LogP contribution in [0.3, 0.4) is 0 Å². The van der Waals surface area contributed by atoms with Crippen molar-refractivity contribution in [2.24, 2.45) is 11.5 Å². The molecular weight excluding hydrogens is 216 g/mol. The van der Waals surface area contributed by atoms with E-state index in [1.165, 1.54) is 0 Å². The van der Waals surface area contributed by atoms with Gasteiger partial charge in [-0.15, -0.1) is 0 Å². The monoisotopic (exact) mass is 226 g/mol. The minimum Gasteiger partial charge on any atom is -0.458 e. The molecule has 0 saturated heterocycles. The maximum absolute atomic E-state index is 11.0. The van der Waals surface area contributed by atoms with E-state index in [4.69, 9.17) is 27.8 Å². The van der Waals surface area contributed by atoms with Gasteiger partial charge in [0.2, 0.25) is 0 Å². The molecule has 0 saturated carbocycles. The van der Waals surface area contributed by atoms with Gasteiger partial charge >= 0.3 is 5.97 Å². The lowest BCUT2D eigenvalue weighted by atomic mass is 10.2. The Morgan fingerprint density at radius 1 is 1.33 bits per heavy atom. The number of ether oxygens (including phenoxy) is 1. The van der Waals surface area contributed by atoms with Crippen molar-refractivity contribution in [3.8, 4) is 0 Å². The number of halogens is 1. The predicted octanol–water partition coefficient (Wildman–Crippen LogP) is 1.14. The molecule has 0 heterocycles. The van der Waals surface area contributed by atoms with Gasteiger partial charge < -0.3 is 16.2 Å². The van der Waals surface area contributed by atoms with Crippen molar-refractivity contribution in [1.82, 2.24) is 0 Å². The van der Waals surface area contributed by atoms with Crippen molar-refractivity contribution >= 4 is 17.6 Å². The second-order valence-electron chi connectivity index (χ2n) is 2.88. The lowest BCUT2D eigenvalue weighted by Crippen LogP contribution is -2.12. The van der Waals surface area contributed by atoms with Crippen LogP contribution in [0.1, 0.15) is 5.56 Å². The molecule has 0 unspecified atom stereocenters. The van der Waals surface area contributed by atoms with Gasteiger partial charge in [0.15, 0.2) is 0 Å². The van der Waals surface area contributed by atoms with Crippen LogP contribution in [0.15, 0.2) is 36.2 Å². The summed E-state index contributed by atoms with van der Waals surface area (Å²) in [6.07, 6.45) is 1.02. The number of benzene rings is 1. The average molecular weight is 227 g/mol. The maximum atomic E-state index is 11.0. The normalized spacial score (nSPS) is 9.40. The van der Waals surface area contributed by atoms with Crippen molar-refractivity contribution in [2.75, 3.05) is 0 Å². The molecule has 0 amide bonds. The number of esters is 1. The second kappa shape index (κ2) is 5.26. The summed E-state index contributed by atoms with van der Waals surface area (Å²) >= 11 is 5.69. The van der Waals surface area contributed by atoms with Crippen molar-refractivity contribution in [2.45, 2.75) is 6.61 Å². The van der Waals surface area contributed by atoms with Crippen molar-refractivity contribution in [3.63, 3.8) is 0 Å². The molecule has 1 aromatic rings. The molecule has 0 spiro atoms. The number of rotatable bonds is 3. The zero-order chi connectivity index (χ0) is 11.3. The van der Waals surface area contributed by atoms with E-state index in [1.807, 2.05) is 0 Å². The minimum atomic E-state index is -0.565. The molecule has 0 aromatic heterocycles. The molecule has 0 fully saturated rings. The third-order valence-electron chi connectivity index (χ3n) is 1.58. The Bertz CT molecular complexity index is 370. The number of carbonyl (C=O) groups is 1.